The van der Waals surface area contributed by atoms with Crippen LogP contribution in [0.4, 0.5) is 4.39 Å². The van der Waals surface area contributed by atoms with Crippen molar-refractivity contribution >= 4 is 21.7 Å². The number of halogens is 2. The van der Waals surface area contributed by atoms with Gasteiger partial charge in [0.2, 0.25) is 0 Å². The van der Waals surface area contributed by atoms with Crippen molar-refractivity contribution in [2.24, 2.45) is 0 Å². The molecule has 0 saturated carbocycles. The summed E-state index contributed by atoms with van der Waals surface area (Å²) >= 11 is 5.95. The molecule has 4 rings (SSSR count). The Labute approximate surface area is 191 Å². The number of hydrogen-bond acceptors (Lipinski definition) is 6. The quantitative estimate of drug-likeness (QED) is 0.365. The van der Waals surface area contributed by atoms with Gasteiger partial charge in [0.25, 0.3) is 0 Å². The maximum atomic E-state index is 14.1. The maximum Gasteiger partial charge on any atom is 0.312 e. The summed E-state index contributed by atoms with van der Waals surface area (Å²) in [5.41, 5.74) is 4.96. The zero-order valence-corrected chi connectivity index (χ0v) is 18.8. The molecule has 0 amide bonds. The van der Waals surface area contributed by atoms with Crippen molar-refractivity contribution in [3.05, 3.63) is 82.1 Å². The molecular weight excluding hydrogens is 457 g/mol. The number of nitrogens with one attached hydrogen (secondary N) is 1. The number of hydroxylamine groups is 1. The highest BCUT2D eigenvalue weighted by molar-refractivity contribution is 7.86. The van der Waals surface area contributed by atoms with Crippen molar-refractivity contribution in [2.45, 2.75) is 24.7 Å². The molecule has 32 heavy (non-hydrogen) atoms. The van der Waals surface area contributed by atoms with Crippen LogP contribution in [0.15, 0.2) is 59.5 Å². The third-order valence-corrected chi connectivity index (χ3v) is 6.45. The van der Waals surface area contributed by atoms with Gasteiger partial charge in [0.15, 0.2) is 0 Å². The van der Waals surface area contributed by atoms with E-state index in [1.54, 1.807) is 18.2 Å². The van der Waals surface area contributed by atoms with Crippen LogP contribution in [0.2, 0.25) is 5.02 Å². The molecule has 0 radical (unpaired) electrons. The summed E-state index contributed by atoms with van der Waals surface area (Å²) in [5.74, 6) is 1.05. The zero-order chi connectivity index (χ0) is 22.7. The second-order valence-electron chi connectivity index (χ2n) is 7.34. The van der Waals surface area contributed by atoms with Crippen LogP contribution in [0.1, 0.15) is 16.7 Å². The third-order valence-electron chi connectivity index (χ3n) is 4.97. The molecule has 3 aromatic rings. The van der Waals surface area contributed by atoms with E-state index in [0.29, 0.717) is 23.7 Å². The first kappa shape index (κ1) is 22.5. The molecule has 0 spiro atoms. The van der Waals surface area contributed by atoms with Crippen molar-refractivity contribution in [1.29, 1.82) is 0 Å². The molecule has 0 bridgehead atoms. The Morgan fingerprint density at radius 3 is 2.69 bits per heavy atom. The van der Waals surface area contributed by atoms with Crippen LogP contribution in [0.25, 0.3) is 0 Å². The molecule has 0 fully saturated rings. The van der Waals surface area contributed by atoms with Gasteiger partial charge in [-0.3, -0.25) is 0 Å². The molecule has 0 saturated heterocycles. The van der Waals surface area contributed by atoms with Crippen molar-refractivity contribution in [3.63, 3.8) is 0 Å². The lowest BCUT2D eigenvalue weighted by Crippen LogP contribution is -2.22. The van der Waals surface area contributed by atoms with E-state index in [0.717, 1.165) is 23.3 Å². The van der Waals surface area contributed by atoms with Gasteiger partial charge in [-0.2, -0.15) is 18.2 Å². The second-order valence-corrected chi connectivity index (χ2v) is 9.29. The first-order chi connectivity index (χ1) is 15.3. The molecular formula is C23H21ClFNO5S. The molecule has 168 valence electrons. The zero-order valence-electron chi connectivity index (χ0n) is 17.2. The summed E-state index contributed by atoms with van der Waals surface area (Å²) in [7, 11) is -3.96. The van der Waals surface area contributed by atoms with Gasteiger partial charge >= 0.3 is 10.1 Å². The standard InChI is InChI=1S/C23H21ClFNO5S/c1-15-2-6-19(7-3-15)32(27,28)31-26-10-8-17-12-21(25)20(24)14-23(17)30-18-5-4-16-9-11-29-22(16)13-18/h2-7,12-14,26H,8-11H2,1H3. The summed E-state index contributed by atoms with van der Waals surface area (Å²) in [6, 6.07) is 14.5. The topological polar surface area (TPSA) is 73.9 Å². The Kier molecular flexibility index (Phi) is 6.66. The fraction of sp³-hybridized carbons (Fsp3) is 0.217. The highest BCUT2D eigenvalue weighted by atomic mass is 35.5. The second kappa shape index (κ2) is 9.46. The lowest BCUT2D eigenvalue weighted by Gasteiger charge is -2.13. The average Bonchev–Trinajstić information content (AvgIpc) is 3.22. The first-order valence-corrected chi connectivity index (χ1v) is 11.7. The summed E-state index contributed by atoms with van der Waals surface area (Å²) in [6.07, 6.45) is 1.08. The van der Waals surface area contributed by atoms with E-state index in [9.17, 15) is 12.8 Å². The molecule has 3 aromatic carbocycles. The van der Waals surface area contributed by atoms with Crippen LogP contribution in [0.5, 0.6) is 17.2 Å². The number of fused-ring (bicyclic) bond motifs is 1. The molecule has 1 heterocycles. The molecule has 9 heteroatoms. The van der Waals surface area contributed by atoms with Crippen LogP contribution in [-0.2, 0) is 27.2 Å². The Balaban J connectivity index is 1.43. The van der Waals surface area contributed by atoms with Gasteiger partial charge in [0.05, 0.1) is 16.5 Å². The van der Waals surface area contributed by atoms with E-state index >= 15 is 0 Å². The minimum Gasteiger partial charge on any atom is -0.493 e. The predicted octanol–water partition coefficient (Wildman–Crippen LogP) is 4.97. The van der Waals surface area contributed by atoms with Crippen LogP contribution in [0, 0.1) is 12.7 Å². The lowest BCUT2D eigenvalue weighted by atomic mass is 10.1. The Morgan fingerprint density at radius 2 is 1.91 bits per heavy atom. The largest absolute Gasteiger partial charge is 0.493 e. The Hall–Kier alpha value is -2.65. The molecule has 1 N–H and O–H groups in total. The fourth-order valence-electron chi connectivity index (χ4n) is 3.26. The predicted molar refractivity (Wildman–Crippen MR) is 118 cm³/mol. The number of benzene rings is 3. The number of ether oxygens (including phenoxy) is 2. The van der Waals surface area contributed by atoms with E-state index in [1.807, 2.05) is 19.1 Å². The van der Waals surface area contributed by atoms with Gasteiger partial charge in [-0.15, -0.1) is 0 Å². The Morgan fingerprint density at radius 1 is 1.12 bits per heavy atom. The van der Waals surface area contributed by atoms with Crippen LogP contribution < -0.4 is 15.0 Å². The maximum absolute atomic E-state index is 14.1. The molecule has 6 nitrogen and oxygen atoms in total. The van der Waals surface area contributed by atoms with Crippen LogP contribution in [0.3, 0.4) is 0 Å². The fourth-order valence-corrected chi connectivity index (χ4v) is 4.21. The van der Waals surface area contributed by atoms with Gasteiger partial charge < -0.3 is 9.47 Å². The number of rotatable bonds is 8. The van der Waals surface area contributed by atoms with Crippen molar-refractivity contribution in [2.75, 3.05) is 13.2 Å². The van der Waals surface area contributed by atoms with Crippen LogP contribution in [-0.4, -0.2) is 21.6 Å². The molecule has 1 aliphatic heterocycles. The molecule has 0 unspecified atom stereocenters. The minimum atomic E-state index is -3.96. The molecule has 0 aromatic heterocycles. The first-order valence-electron chi connectivity index (χ1n) is 9.96. The summed E-state index contributed by atoms with van der Waals surface area (Å²) in [6.45, 7) is 2.58. The van der Waals surface area contributed by atoms with Gasteiger partial charge in [0, 0.05) is 25.1 Å². The summed E-state index contributed by atoms with van der Waals surface area (Å²) in [5, 5.41) is -0.0766. The summed E-state index contributed by atoms with van der Waals surface area (Å²) in [4.78, 5) is 0.0380. The van der Waals surface area contributed by atoms with E-state index in [4.69, 9.17) is 25.4 Å². The van der Waals surface area contributed by atoms with Crippen molar-refractivity contribution in [1.82, 2.24) is 5.48 Å². The van der Waals surface area contributed by atoms with E-state index in [2.05, 4.69) is 5.48 Å². The molecule has 0 atom stereocenters. The highest BCUT2D eigenvalue weighted by Crippen LogP contribution is 2.35. The average molecular weight is 478 g/mol. The SMILES string of the molecule is Cc1ccc(S(=O)(=O)ONCCc2cc(F)c(Cl)cc2Oc2ccc3c(c2)OCC3)cc1. The van der Waals surface area contributed by atoms with Crippen LogP contribution >= 0.6 is 11.6 Å². The van der Waals surface area contributed by atoms with Gasteiger partial charge in [-0.1, -0.05) is 35.4 Å². The van der Waals surface area contributed by atoms with Gasteiger partial charge in [0.1, 0.15) is 23.1 Å². The molecule has 1 aliphatic rings. The van der Waals surface area contributed by atoms with Gasteiger partial charge in [-0.05, 0) is 48.7 Å². The smallest absolute Gasteiger partial charge is 0.312 e. The minimum absolute atomic E-state index is 0.0380. The van der Waals surface area contributed by atoms with Crippen molar-refractivity contribution < 1.29 is 26.6 Å². The van der Waals surface area contributed by atoms with E-state index in [-0.39, 0.29) is 22.9 Å². The monoisotopic (exact) mass is 477 g/mol. The highest BCUT2D eigenvalue weighted by Gasteiger charge is 2.17. The van der Waals surface area contributed by atoms with Gasteiger partial charge in [-0.25, -0.2) is 4.39 Å². The van der Waals surface area contributed by atoms with Crippen molar-refractivity contribution in [3.8, 4) is 17.2 Å². The summed E-state index contributed by atoms with van der Waals surface area (Å²) < 4.78 is 55.0. The number of aryl methyl sites for hydroxylation is 1. The third kappa shape index (κ3) is 5.21. The molecule has 0 aliphatic carbocycles. The Bertz CT molecular complexity index is 1230. The number of hydrogen-bond donors (Lipinski definition) is 1. The lowest BCUT2D eigenvalue weighted by molar-refractivity contribution is 0.205. The van der Waals surface area contributed by atoms with E-state index in [1.165, 1.54) is 24.3 Å². The van der Waals surface area contributed by atoms with E-state index < -0.39 is 15.9 Å². The normalized spacial score (nSPS) is 13.0.